The zero-order valence-corrected chi connectivity index (χ0v) is 18.0. The molecule has 0 aliphatic carbocycles. The first-order valence-corrected chi connectivity index (χ1v) is 11.8. The summed E-state index contributed by atoms with van der Waals surface area (Å²) < 4.78 is 66.2. The topological polar surface area (TPSA) is 96.0 Å². The minimum atomic E-state index is -5.34. The number of hydrogen-bond acceptors (Lipinski definition) is 5. The molecule has 1 N–H and O–H groups in total. The summed E-state index contributed by atoms with van der Waals surface area (Å²) in [6.07, 6.45) is 2.09. The van der Waals surface area contributed by atoms with Gasteiger partial charge in [-0.1, -0.05) is 12.1 Å². The van der Waals surface area contributed by atoms with Crippen molar-refractivity contribution in [3.05, 3.63) is 29.8 Å². The van der Waals surface area contributed by atoms with Gasteiger partial charge >= 0.3 is 11.5 Å². The molecule has 3 aliphatic heterocycles. The van der Waals surface area contributed by atoms with Crippen molar-refractivity contribution in [3.63, 3.8) is 0 Å². The molecule has 0 bridgehead atoms. The van der Waals surface area contributed by atoms with E-state index in [4.69, 9.17) is 4.74 Å². The lowest BCUT2D eigenvalue weighted by Crippen LogP contribution is -2.76. The summed E-state index contributed by atoms with van der Waals surface area (Å²) in [6, 6.07) is 4.73. The number of benzene rings is 1. The minimum absolute atomic E-state index is 0.0457. The van der Waals surface area contributed by atoms with Crippen LogP contribution in [0.4, 0.5) is 18.0 Å². The second-order valence-electron chi connectivity index (χ2n) is 8.69. The van der Waals surface area contributed by atoms with Gasteiger partial charge in [0.25, 0.3) is 9.84 Å². The van der Waals surface area contributed by atoms with Gasteiger partial charge in [0.2, 0.25) is 5.91 Å². The molecule has 1 aromatic carbocycles. The maximum Gasteiger partial charge on any atom is 0.501 e. The molecule has 8 nitrogen and oxygen atoms in total. The van der Waals surface area contributed by atoms with Crippen LogP contribution in [-0.2, 0) is 25.8 Å². The second kappa shape index (κ2) is 8.22. The quantitative estimate of drug-likeness (QED) is 0.716. The number of urea groups is 1. The fourth-order valence-electron chi connectivity index (χ4n) is 4.50. The Kier molecular flexibility index (Phi) is 5.86. The Hall–Kier alpha value is -2.34. The molecule has 32 heavy (non-hydrogen) atoms. The van der Waals surface area contributed by atoms with Gasteiger partial charge in [-0.15, -0.1) is 0 Å². The number of amides is 3. The Morgan fingerprint density at radius 1 is 1.12 bits per heavy atom. The standard InChI is InChI=1S/C20H24F3N3O5S/c21-20(22,23)32(29,30)16-3-1-14(2-4-16)9-15-5-7-25(8-6-15)18(28)26-11-19(12-26)13-31-10-17(27)24-19/h1-4,15H,5-13H2,(H,24,27). The first kappa shape index (κ1) is 22.8. The average Bonchev–Trinajstić information content (AvgIpc) is 2.71. The molecule has 3 aliphatic rings. The van der Waals surface area contributed by atoms with E-state index in [9.17, 15) is 31.2 Å². The van der Waals surface area contributed by atoms with Gasteiger partial charge in [0.15, 0.2) is 0 Å². The third-order valence-electron chi connectivity index (χ3n) is 6.22. The highest BCUT2D eigenvalue weighted by Crippen LogP contribution is 2.31. The summed E-state index contributed by atoms with van der Waals surface area (Å²) in [5.41, 5.74) is -5.04. The molecule has 0 saturated carbocycles. The van der Waals surface area contributed by atoms with Gasteiger partial charge in [0.05, 0.1) is 17.0 Å². The van der Waals surface area contributed by atoms with Gasteiger partial charge in [-0.05, 0) is 42.9 Å². The predicted molar refractivity (Wildman–Crippen MR) is 106 cm³/mol. The predicted octanol–water partition coefficient (Wildman–Crippen LogP) is 1.56. The Bertz CT molecular complexity index is 983. The second-order valence-corrected chi connectivity index (χ2v) is 10.6. The van der Waals surface area contributed by atoms with Crippen molar-refractivity contribution in [2.75, 3.05) is 39.4 Å². The maximum absolute atomic E-state index is 12.7. The highest BCUT2D eigenvalue weighted by atomic mass is 32.2. The summed E-state index contributed by atoms with van der Waals surface area (Å²) in [5.74, 6) is 0.0751. The van der Waals surface area contributed by atoms with Crippen LogP contribution in [0.3, 0.4) is 0 Å². The van der Waals surface area contributed by atoms with Gasteiger partial charge in [0.1, 0.15) is 6.61 Å². The Morgan fingerprint density at radius 2 is 1.75 bits per heavy atom. The molecule has 4 rings (SSSR count). The Morgan fingerprint density at radius 3 is 2.31 bits per heavy atom. The molecular formula is C20H24F3N3O5S. The summed E-state index contributed by atoms with van der Waals surface area (Å²) >= 11 is 0. The van der Waals surface area contributed by atoms with Crippen LogP contribution in [-0.4, -0.2) is 80.6 Å². The lowest BCUT2D eigenvalue weighted by molar-refractivity contribution is -0.141. The number of hydrogen-bond donors (Lipinski definition) is 1. The van der Waals surface area contributed by atoms with Crippen LogP contribution >= 0.6 is 0 Å². The normalized spacial score (nSPS) is 21.9. The van der Waals surface area contributed by atoms with E-state index in [0.717, 1.165) is 30.5 Å². The molecule has 3 saturated heterocycles. The lowest BCUT2D eigenvalue weighted by Gasteiger charge is -2.52. The first-order chi connectivity index (χ1) is 15.0. The average molecular weight is 475 g/mol. The third-order valence-corrected chi connectivity index (χ3v) is 7.72. The number of rotatable bonds is 3. The minimum Gasteiger partial charge on any atom is -0.369 e. The molecule has 3 heterocycles. The number of nitrogens with zero attached hydrogens (tertiary/aromatic N) is 2. The highest BCUT2D eigenvalue weighted by Gasteiger charge is 2.49. The largest absolute Gasteiger partial charge is 0.501 e. The van der Waals surface area contributed by atoms with Crippen molar-refractivity contribution in [2.45, 2.75) is 35.2 Å². The molecule has 0 atom stereocenters. The van der Waals surface area contributed by atoms with Crippen molar-refractivity contribution in [3.8, 4) is 0 Å². The maximum atomic E-state index is 12.7. The van der Waals surface area contributed by atoms with Crippen LogP contribution in [0, 0.1) is 5.92 Å². The van der Waals surface area contributed by atoms with Crippen LogP contribution in [0.5, 0.6) is 0 Å². The molecule has 0 aromatic heterocycles. The zero-order valence-electron chi connectivity index (χ0n) is 17.2. The number of morpholine rings is 1. The fraction of sp³-hybridized carbons (Fsp3) is 0.600. The molecule has 1 spiro atoms. The van der Waals surface area contributed by atoms with Crippen molar-refractivity contribution in [1.82, 2.24) is 15.1 Å². The number of carbonyl (C=O) groups is 2. The summed E-state index contributed by atoms with van der Waals surface area (Å²) in [5, 5.41) is 2.90. The third kappa shape index (κ3) is 4.42. The van der Waals surface area contributed by atoms with E-state index < -0.39 is 25.8 Å². The number of nitrogens with one attached hydrogen (secondary N) is 1. The van der Waals surface area contributed by atoms with Crippen LogP contribution < -0.4 is 5.32 Å². The first-order valence-electron chi connectivity index (χ1n) is 10.3. The van der Waals surface area contributed by atoms with Crippen molar-refractivity contribution in [1.29, 1.82) is 0 Å². The number of ether oxygens (including phenoxy) is 1. The van der Waals surface area contributed by atoms with Gasteiger partial charge < -0.3 is 19.9 Å². The molecule has 3 fully saturated rings. The lowest BCUT2D eigenvalue weighted by atomic mass is 9.88. The number of alkyl halides is 3. The number of likely N-dealkylation sites (tertiary alicyclic amines) is 2. The number of halogens is 3. The number of sulfone groups is 1. The van der Waals surface area contributed by atoms with E-state index in [2.05, 4.69) is 5.32 Å². The van der Waals surface area contributed by atoms with E-state index in [1.807, 2.05) is 0 Å². The van der Waals surface area contributed by atoms with Gasteiger partial charge in [-0.25, -0.2) is 13.2 Å². The van der Waals surface area contributed by atoms with Crippen molar-refractivity contribution in [2.24, 2.45) is 5.92 Å². The van der Waals surface area contributed by atoms with E-state index in [0.29, 0.717) is 39.2 Å². The van der Waals surface area contributed by atoms with E-state index in [1.54, 1.807) is 9.80 Å². The molecule has 0 radical (unpaired) electrons. The number of carbonyl (C=O) groups excluding carboxylic acids is 2. The van der Waals surface area contributed by atoms with E-state index in [1.165, 1.54) is 12.1 Å². The summed E-state index contributed by atoms with van der Waals surface area (Å²) in [7, 11) is -5.34. The van der Waals surface area contributed by atoms with Gasteiger partial charge in [-0.2, -0.15) is 13.2 Å². The molecule has 176 valence electrons. The highest BCUT2D eigenvalue weighted by molar-refractivity contribution is 7.92. The summed E-state index contributed by atoms with van der Waals surface area (Å²) in [4.78, 5) is 26.9. The van der Waals surface area contributed by atoms with Crippen LogP contribution in [0.25, 0.3) is 0 Å². The van der Waals surface area contributed by atoms with Gasteiger partial charge in [-0.3, -0.25) is 4.79 Å². The Balaban J connectivity index is 1.26. The van der Waals surface area contributed by atoms with Crippen LogP contribution in [0.2, 0.25) is 0 Å². The summed E-state index contributed by atoms with van der Waals surface area (Å²) in [6.45, 7) is 2.42. The van der Waals surface area contributed by atoms with E-state index in [-0.39, 0.29) is 24.5 Å². The SMILES string of the molecule is O=C1COCC2(CN(C(=O)N3CCC(Cc4ccc(S(=O)(=O)C(F)(F)F)cc4)CC3)C2)N1. The molecule has 1 aromatic rings. The van der Waals surface area contributed by atoms with Gasteiger partial charge in [0, 0.05) is 26.2 Å². The monoisotopic (exact) mass is 475 g/mol. The smallest absolute Gasteiger partial charge is 0.369 e. The van der Waals surface area contributed by atoms with Crippen molar-refractivity contribution >= 4 is 21.8 Å². The van der Waals surface area contributed by atoms with Crippen LogP contribution in [0.1, 0.15) is 18.4 Å². The molecule has 12 heteroatoms. The van der Waals surface area contributed by atoms with E-state index >= 15 is 0 Å². The zero-order chi connectivity index (χ0) is 23.1. The molecule has 3 amide bonds. The number of piperidine rings is 1. The van der Waals surface area contributed by atoms with Crippen molar-refractivity contribution < 1.29 is 35.9 Å². The molecular weight excluding hydrogens is 451 g/mol. The Labute approximate surface area is 183 Å². The van der Waals surface area contributed by atoms with Crippen LogP contribution in [0.15, 0.2) is 29.2 Å². The fourth-order valence-corrected chi connectivity index (χ4v) is 5.26. The molecule has 0 unspecified atom stereocenters.